The van der Waals surface area contributed by atoms with Gasteiger partial charge in [0, 0.05) is 36.1 Å². The molecule has 1 aliphatic heterocycles. The Morgan fingerprint density at radius 3 is 2.61 bits per heavy atom. The van der Waals surface area contributed by atoms with Gasteiger partial charge < -0.3 is 9.47 Å². The molecule has 4 rings (SSSR count). The first kappa shape index (κ1) is 18.3. The number of carbonyl (C=O) groups is 1. The van der Waals surface area contributed by atoms with Crippen molar-refractivity contribution in [3.63, 3.8) is 0 Å². The van der Waals surface area contributed by atoms with Gasteiger partial charge in [-0.25, -0.2) is 14.8 Å². The minimum absolute atomic E-state index is 0.341. The molecule has 0 radical (unpaired) electrons. The first-order valence-corrected chi connectivity index (χ1v) is 9.37. The lowest BCUT2D eigenvalue weighted by atomic mass is 10.1. The van der Waals surface area contributed by atoms with Crippen LogP contribution in [0.1, 0.15) is 32.9 Å². The minimum Gasteiger partial charge on any atom is -0.481 e. The third kappa shape index (κ3) is 3.40. The van der Waals surface area contributed by atoms with Crippen molar-refractivity contribution in [3.8, 4) is 17.0 Å². The Morgan fingerprint density at radius 1 is 1.14 bits per heavy atom. The average molecular weight is 380 g/mol. The Bertz CT molecular complexity index is 1020. The van der Waals surface area contributed by atoms with Gasteiger partial charge in [0.2, 0.25) is 5.88 Å². The van der Waals surface area contributed by atoms with Gasteiger partial charge in [0.1, 0.15) is 17.1 Å². The van der Waals surface area contributed by atoms with Crippen molar-refractivity contribution in [2.45, 2.75) is 39.2 Å². The van der Waals surface area contributed by atoms with Crippen molar-refractivity contribution in [3.05, 3.63) is 42.4 Å². The number of fused-ring (bicyclic) bond motifs is 3. The molecule has 3 aromatic heterocycles. The number of hydrogen-bond donors (Lipinski definition) is 0. The maximum absolute atomic E-state index is 12.8. The third-order valence-electron chi connectivity index (χ3n) is 4.61. The van der Waals surface area contributed by atoms with Crippen LogP contribution in [0.25, 0.3) is 16.8 Å². The Balaban J connectivity index is 1.77. The van der Waals surface area contributed by atoms with Crippen LogP contribution in [0.15, 0.2) is 36.7 Å². The van der Waals surface area contributed by atoms with Gasteiger partial charge in [-0.05, 0) is 51.8 Å². The summed E-state index contributed by atoms with van der Waals surface area (Å²) >= 11 is 0. The molecule has 0 bridgehead atoms. The van der Waals surface area contributed by atoms with Crippen molar-refractivity contribution in [1.82, 2.24) is 14.4 Å². The molecule has 0 fully saturated rings. The number of aromatic nitrogens is 3. The van der Waals surface area contributed by atoms with E-state index in [-0.39, 0.29) is 6.09 Å². The van der Waals surface area contributed by atoms with Gasteiger partial charge in [-0.1, -0.05) is 0 Å². The van der Waals surface area contributed by atoms with Crippen LogP contribution in [0.3, 0.4) is 0 Å². The predicted octanol–water partition coefficient (Wildman–Crippen LogP) is 4.09. The van der Waals surface area contributed by atoms with Gasteiger partial charge >= 0.3 is 6.09 Å². The summed E-state index contributed by atoms with van der Waals surface area (Å²) in [6, 6.07) is 7.76. The monoisotopic (exact) mass is 380 g/mol. The number of anilines is 1. The number of nitrogens with zero attached hydrogens (tertiary/aromatic N) is 4. The molecule has 7 nitrogen and oxygen atoms in total. The molecule has 0 aromatic carbocycles. The van der Waals surface area contributed by atoms with Crippen LogP contribution in [0.5, 0.6) is 5.88 Å². The summed E-state index contributed by atoms with van der Waals surface area (Å²) in [7, 11) is 1.59. The molecular formula is C21H24N4O3. The van der Waals surface area contributed by atoms with E-state index in [9.17, 15) is 4.79 Å². The fourth-order valence-corrected chi connectivity index (χ4v) is 3.38. The number of methoxy groups -OCH3 is 1. The van der Waals surface area contributed by atoms with E-state index in [1.807, 2.05) is 55.6 Å². The molecule has 3 aromatic rings. The predicted molar refractivity (Wildman–Crippen MR) is 107 cm³/mol. The van der Waals surface area contributed by atoms with Crippen LogP contribution in [-0.2, 0) is 11.2 Å². The smallest absolute Gasteiger partial charge is 0.416 e. The maximum Gasteiger partial charge on any atom is 0.416 e. The number of rotatable bonds is 2. The lowest BCUT2D eigenvalue weighted by Crippen LogP contribution is -2.40. The second-order valence-electron chi connectivity index (χ2n) is 7.85. The molecule has 0 aliphatic carbocycles. The van der Waals surface area contributed by atoms with Crippen LogP contribution in [0.4, 0.5) is 10.6 Å². The molecule has 0 N–H and O–H groups in total. The van der Waals surface area contributed by atoms with Gasteiger partial charge in [0.05, 0.1) is 12.8 Å². The molecule has 0 spiro atoms. The van der Waals surface area contributed by atoms with Gasteiger partial charge in [-0.15, -0.1) is 0 Å². The number of carbonyl (C=O) groups excluding carboxylic acids is 1. The molecule has 1 amide bonds. The molecule has 0 saturated heterocycles. The molecule has 0 atom stereocenters. The summed E-state index contributed by atoms with van der Waals surface area (Å²) in [6.45, 7) is 6.24. The number of imidazole rings is 1. The molecule has 146 valence electrons. The number of ether oxygens (including phenoxy) is 2. The van der Waals surface area contributed by atoms with Crippen molar-refractivity contribution in [2.75, 3.05) is 18.6 Å². The van der Waals surface area contributed by atoms with Gasteiger partial charge in [0.15, 0.2) is 0 Å². The zero-order valence-corrected chi connectivity index (χ0v) is 16.6. The van der Waals surface area contributed by atoms with E-state index >= 15 is 0 Å². The molecular weight excluding hydrogens is 356 g/mol. The fourth-order valence-electron chi connectivity index (χ4n) is 3.38. The SMILES string of the molecule is COc1ccc(-c2ccc3nc4c(n3c2)N(C(=O)OC(C)(C)C)CCC4)cn1. The Morgan fingerprint density at radius 2 is 1.93 bits per heavy atom. The number of amides is 1. The molecule has 1 aliphatic rings. The normalized spacial score (nSPS) is 14.1. The highest BCUT2D eigenvalue weighted by Gasteiger charge is 2.31. The topological polar surface area (TPSA) is 69.0 Å². The Hall–Kier alpha value is -3.09. The van der Waals surface area contributed by atoms with E-state index in [1.54, 1.807) is 18.2 Å². The first-order chi connectivity index (χ1) is 13.4. The van der Waals surface area contributed by atoms with Crippen LogP contribution >= 0.6 is 0 Å². The highest BCUT2D eigenvalue weighted by atomic mass is 16.6. The summed E-state index contributed by atoms with van der Waals surface area (Å²) < 4.78 is 12.7. The van der Waals surface area contributed by atoms with Crippen LogP contribution in [-0.4, -0.2) is 39.7 Å². The van der Waals surface area contributed by atoms with Crippen molar-refractivity contribution < 1.29 is 14.3 Å². The summed E-state index contributed by atoms with van der Waals surface area (Å²) in [5.41, 5.74) is 3.13. The van der Waals surface area contributed by atoms with Crippen LogP contribution in [0.2, 0.25) is 0 Å². The third-order valence-corrected chi connectivity index (χ3v) is 4.61. The van der Waals surface area contributed by atoms with Crippen molar-refractivity contribution >= 4 is 17.6 Å². The van der Waals surface area contributed by atoms with Gasteiger partial charge in [-0.2, -0.15) is 0 Å². The summed E-state index contributed by atoms with van der Waals surface area (Å²) in [6.07, 6.45) is 5.13. The van der Waals surface area contributed by atoms with E-state index < -0.39 is 5.60 Å². The number of aryl methyl sites for hydroxylation is 1. The fraction of sp³-hybridized carbons (Fsp3) is 0.381. The lowest BCUT2D eigenvalue weighted by Gasteiger charge is -2.29. The summed E-state index contributed by atoms with van der Waals surface area (Å²) in [5, 5.41) is 0. The number of hydrogen-bond acceptors (Lipinski definition) is 5. The zero-order valence-electron chi connectivity index (χ0n) is 16.6. The highest BCUT2D eigenvalue weighted by molar-refractivity contribution is 5.89. The zero-order chi connectivity index (χ0) is 19.9. The average Bonchev–Trinajstić information content (AvgIpc) is 3.04. The second kappa shape index (κ2) is 6.82. The van der Waals surface area contributed by atoms with E-state index in [2.05, 4.69) is 4.98 Å². The van der Waals surface area contributed by atoms with E-state index in [4.69, 9.17) is 14.5 Å². The highest BCUT2D eigenvalue weighted by Crippen LogP contribution is 2.31. The van der Waals surface area contributed by atoms with Crippen LogP contribution in [0, 0.1) is 0 Å². The van der Waals surface area contributed by atoms with Crippen molar-refractivity contribution in [1.29, 1.82) is 0 Å². The van der Waals surface area contributed by atoms with E-state index in [1.165, 1.54) is 0 Å². The van der Waals surface area contributed by atoms with E-state index in [0.29, 0.717) is 12.4 Å². The maximum atomic E-state index is 12.8. The summed E-state index contributed by atoms with van der Waals surface area (Å²) in [4.78, 5) is 23.5. The van der Waals surface area contributed by atoms with Gasteiger partial charge in [-0.3, -0.25) is 9.30 Å². The molecule has 7 heteroatoms. The minimum atomic E-state index is -0.547. The quantitative estimate of drug-likeness (QED) is 0.670. The molecule has 28 heavy (non-hydrogen) atoms. The number of pyridine rings is 2. The second-order valence-corrected chi connectivity index (χ2v) is 7.85. The molecule has 0 saturated carbocycles. The largest absolute Gasteiger partial charge is 0.481 e. The lowest BCUT2D eigenvalue weighted by molar-refractivity contribution is 0.0576. The molecule has 4 heterocycles. The summed E-state index contributed by atoms with van der Waals surface area (Å²) in [5.74, 6) is 1.36. The van der Waals surface area contributed by atoms with Crippen molar-refractivity contribution in [2.24, 2.45) is 0 Å². The Labute approximate surface area is 163 Å². The van der Waals surface area contributed by atoms with Gasteiger partial charge in [0.25, 0.3) is 0 Å². The Kier molecular flexibility index (Phi) is 4.45. The first-order valence-electron chi connectivity index (χ1n) is 9.37. The van der Waals surface area contributed by atoms with Crippen LogP contribution < -0.4 is 9.64 Å². The van der Waals surface area contributed by atoms with E-state index in [0.717, 1.165) is 41.1 Å². The molecule has 0 unspecified atom stereocenters. The standard InChI is InChI=1S/C21H24N4O3/c1-21(2,3)28-20(26)24-11-5-6-16-19(24)25-13-15(7-9-17(25)23-16)14-8-10-18(27-4)22-12-14/h7-10,12-13H,5-6,11H2,1-4H3.